The minimum Gasteiger partial charge on any atom is -0.497 e. The summed E-state index contributed by atoms with van der Waals surface area (Å²) in [4.78, 5) is 14.9. The number of benzene rings is 2. The molecule has 7 nitrogen and oxygen atoms in total. The zero-order valence-electron chi connectivity index (χ0n) is 16.3. The van der Waals surface area contributed by atoms with E-state index in [1.807, 2.05) is 12.1 Å². The van der Waals surface area contributed by atoms with Crippen LogP contribution >= 0.6 is 0 Å². The van der Waals surface area contributed by atoms with E-state index in [1.54, 1.807) is 56.6 Å². The summed E-state index contributed by atoms with van der Waals surface area (Å²) in [7, 11) is 4.71. The Labute approximate surface area is 164 Å². The predicted octanol–water partition coefficient (Wildman–Crippen LogP) is 2.29. The SMILES string of the molecule is COc1ccc(C(=O)N2CCOC(CO)C2c2ccc(OC)c(OC)c2)cc1. The molecule has 3 rings (SSSR count). The smallest absolute Gasteiger partial charge is 0.254 e. The van der Waals surface area contributed by atoms with Gasteiger partial charge in [0.1, 0.15) is 11.9 Å². The zero-order valence-corrected chi connectivity index (χ0v) is 16.3. The number of amides is 1. The van der Waals surface area contributed by atoms with E-state index in [0.29, 0.717) is 36.0 Å². The van der Waals surface area contributed by atoms with E-state index < -0.39 is 12.1 Å². The van der Waals surface area contributed by atoms with Crippen molar-refractivity contribution in [1.29, 1.82) is 0 Å². The predicted molar refractivity (Wildman–Crippen MR) is 103 cm³/mol. The Balaban J connectivity index is 1.97. The van der Waals surface area contributed by atoms with Gasteiger partial charge in [0, 0.05) is 12.1 Å². The third-order valence-electron chi connectivity index (χ3n) is 4.88. The number of ether oxygens (including phenoxy) is 4. The Morgan fingerprint density at radius 1 is 1.07 bits per heavy atom. The number of aliphatic hydroxyl groups is 1. The van der Waals surface area contributed by atoms with Crippen LogP contribution in [0.4, 0.5) is 0 Å². The van der Waals surface area contributed by atoms with Gasteiger partial charge in [-0.2, -0.15) is 0 Å². The van der Waals surface area contributed by atoms with Crippen LogP contribution in [-0.4, -0.2) is 63.1 Å². The van der Waals surface area contributed by atoms with Crippen LogP contribution in [0.3, 0.4) is 0 Å². The van der Waals surface area contributed by atoms with Gasteiger partial charge < -0.3 is 29.0 Å². The molecule has 0 radical (unpaired) electrons. The van der Waals surface area contributed by atoms with Crippen molar-refractivity contribution in [3.63, 3.8) is 0 Å². The van der Waals surface area contributed by atoms with E-state index in [-0.39, 0.29) is 12.5 Å². The van der Waals surface area contributed by atoms with Crippen molar-refractivity contribution < 1.29 is 28.8 Å². The zero-order chi connectivity index (χ0) is 20.1. The summed E-state index contributed by atoms with van der Waals surface area (Å²) < 4.78 is 21.6. The molecule has 1 aliphatic rings. The lowest BCUT2D eigenvalue weighted by molar-refractivity contribution is -0.0811. The molecule has 150 valence electrons. The Kier molecular flexibility index (Phi) is 6.38. The Bertz CT molecular complexity index is 807. The van der Waals surface area contributed by atoms with Gasteiger partial charge in [0.05, 0.1) is 40.6 Å². The number of rotatable bonds is 6. The van der Waals surface area contributed by atoms with Crippen LogP contribution in [0.25, 0.3) is 0 Å². The molecule has 28 heavy (non-hydrogen) atoms. The second-order valence-corrected chi connectivity index (χ2v) is 6.38. The van der Waals surface area contributed by atoms with Crippen molar-refractivity contribution in [3.8, 4) is 17.2 Å². The lowest BCUT2D eigenvalue weighted by Gasteiger charge is -2.41. The maximum atomic E-state index is 13.2. The summed E-state index contributed by atoms with van der Waals surface area (Å²) >= 11 is 0. The van der Waals surface area contributed by atoms with Crippen LogP contribution in [0.15, 0.2) is 42.5 Å². The van der Waals surface area contributed by atoms with Crippen molar-refractivity contribution in [1.82, 2.24) is 4.90 Å². The quantitative estimate of drug-likeness (QED) is 0.820. The molecule has 1 aliphatic heterocycles. The topological polar surface area (TPSA) is 77.5 Å². The lowest BCUT2D eigenvalue weighted by atomic mass is 9.96. The second kappa shape index (κ2) is 8.95. The molecule has 1 heterocycles. The standard InChI is InChI=1S/C21H25NO6/c1-25-16-7-4-14(5-8-16)21(24)22-10-11-28-19(13-23)20(22)15-6-9-17(26-2)18(12-15)27-3/h4-9,12,19-20,23H,10-11,13H2,1-3H3. The molecular formula is C21H25NO6. The highest BCUT2D eigenvalue weighted by atomic mass is 16.5. The third-order valence-corrected chi connectivity index (χ3v) is 4.88. The fourth-order valence-corrected chi connectivity index (χ4v) is 3.44. The molecule has 0 spiro atoms. The first-order valence-electron chi connectivity index (χ1n) is 9.02. The van der Waals surface area contributed by atoms with Crippen LogP contribution in [0, 0.1) is 0 Å². The first-order chi connectivity index (χ1) is 13.6. The van der Waals surface area contributed by atoms with Gasteiger partial charge in [0.25, 0.3) is 5.91 Å². The lowest BCUT2D eigenvalue weighted by Crippen LogP contribution is -2.49. The van der Waals surface area contributed by atoms with Gasteiger partial charge >= 0.3 is 0 Å². The van der Waals surface area contributed by atoms with E-state index in [0.717, 1.165) is 5.56 Å². The van der Waals surface area contributed by atoms with E-state index in [1.165, 1.54) is 0 Å². The first-order valence-corrected chi connectivity index (χ1v) is 9.02. The molecule has 7 heteroatoms. The normalized spacial score (nSPS) is 19.2. The van der Waals surface area contributed by atoms with Crippen molar-refractivity contribution in [2.75, 3.05) is 41.1 Å². The molecule has 2 atom stereocenters. The summed E-state index contributed by atoms with van der Waals surface area (Å²) in [5, 5.41) is 9.85. The number of hydrogen-bond acceptors (Lipinski definition) is 6. The average Bonchev–Trinajstić information content (AvgIpc) is 2.77. The van der Waals surface area contributed by atoms with E-state index in [4.69, 9.17) is 18.9 Å². The molecule has 2 aromatic carbocycles. The van der Waals surface area contributed by atoms with Crippen molar-refractivity contribution in [3.05, 3.63) is 53.6 Å². The van der Waals surface area contributed by atoms with Gasteiger partial charge in [-0.3, -0.25) is 4.79 Å². The number of aliphatic hydroxyl groups excluding tert-OH is 1. The van der Waals surface area contributed by atoms with Crippen LogP contribution in [0.1, 0.15) is 22.0 Å². The minimum atomic E-state index is -0.533. The highest BCUT2D eigenvalue weighted by Gasteiger charge is 2.37. The molecule has 0 bridgehead atoms. The van der Waals surface area contributed by atoms with Gasteiger partial charge in [-0.1, -0.05) is 6.07 Å². The van der Waals surface area contributed by atoms with Gasteiger partial charge in [-0.25, -0.2) is 0 Å². The maximum absolute atomic E-state index is 13.2. The molecular weight excluding hydrogens is 362 g/mol. The fourth-order valence-electron chi connectivity index (χ4n) is 3.44. The molecule has 1 saturated heterocycles. The van der Waals surface area contributed by atoms with Crippen molar-refractivity contribution in [2.24, 2.45) is 0 Å². The van der Waals surface area contributed by atoms with Gasteiger partial charge in [0.15, 0.2) is 11.5 Å². The molecule has 2 aromatic rings. The number of nitrogens with zero attached hydrogens (tertiary/aromatic N) is 1. The number of carbonyl (C=O) groups is 1. The molecule has 1 amide bonds. The van der Waals surface area contributed by atoms with E-state index in [9.17, 15) is 9.90 Å². The number of carbonyl (C=O) groups excluding carboxylic acids is 1. The van der Waals surface area contributed by atoms with Crippen LogP contribution < -0.4 is 14.2 Å². The molecule has 0 aromatic heterocycles. The Morgan fingerprint density at radius 3 is 2.39 bits per heavy atom. The minimum absolute atomic E-state index is 0.135. The molecule has 1 fully saturated rings. The summed E-state index contributed by atoms with van der Waals surface area (Å²) in [6, 6.07) is 12.0. The second-order valence-electron chi connectivity index (χ2n) is 6.38. The number of morpholine rings is 1. The van der Waals surface area contributed by atoms with E-state index >= 15 is 0 Å². The number of methoxy groups -OCH3 is 3. The highest BCUT2D eigenvalue weighted by molar-refractivity contribution is 5.94. The Hall–Kier alpha value is -2.77. The van der Waals surface area contributed by atoms with Crippen molar-refractivity contribution in [2.45, 2.75) is 12.1 Å². The largest absolute Gasteiger partial charge is 0.497 e. The maximum Gasteiger partial charge on any atom is 0.254 e. The molecule has 1 N–H and O–H groups in total. The third kappa shape index (κ3) is 3.90. The van der Waals surface area contributed by atoms with Gasteiger partial charge in [-0.15, -0.1) is 0 Å². The summed E-state index contributed by atoms with van der Waals surface area (Å²) in [6.07, 6.45) is -0.533. The highest BCUT2D eigenvalue weighted by Crippen LogP contribution is 2.36. The molecule has 2 unspecified atom stereocenters. The Morgan fingerprint density at radius 2 is 1.79 bits per heavy atom. The van der Waals surface area contributed by atoms with Crippen molar-refractivity contribution >= 4 is 5.91 Å². The van der Waals surface area contributed by atoms with Crippen LogP contribution in [-0.2, 0) is 4.74 Å². The van der Waals surface area contributed by atoms with Crippen LogP contribution in [0.5, 0.6) is 17.2 Å². The fraction of sp³-hybridized carbons (Fsp3) is 0.381. The molecule has 0 aliphatic carbocycles. The van der Waals surface area contributed by atoms with Crippen LogP contribution in [0.2, 0.25) is 0 Å². The van der Waals surface area contributed by atoms with Gasteiger partial charge in [0.2, 0.25) is 0 Å². The average molecular weight is 387 g/mol. The van der Waals surface area contributed by atoms with E-state index in [2.05, 4.69) is 0 Å². The monoisotopic (exact) mass is 387 g/mol. The summed E-state index contributed by atoms with van der Waals surface area (Å²) in [6.45, 7) is 0.572. The van der Waals surface area contributed by atoms with Gasteiger partial charge in [-0.05, 0) is 42.0 Å². The first kappa shape index (κ1) is 20.0. The number of hydrogen-bond donors (Lipinski definition) is 1. The summed E-state index contributed by atoms with van der Waals surface area (Å²) in [5.41, 5.74) is 1.35. The molecule has 0 saturated carbocycles. The summed E-state index contributed by atoms with van der Waals surface area (Å²) in [5.74, 6) is 1.70.